The first-order chi connectivity index (χ1) is 7.97. The van der Waals surface area contributed by atoms with Crippen molar-refractivity contribution in [2.75, 3.05) is 6.61 Å². The summed E-state index contributed by atoms with van der Waals surface area (Å²) < 4.78 is 0. The number of hydrogen-bond donors (Lipinski definition) is 2. The molecule has 0 saturated carbocycles. The highest BCUT2D eigenvalue weighted by Gasteiger charge is 2.35. The quantitative estimate of drug-likeness (QED) is 0.726. The Morgan fingerprint density at radius 3 is 2.65 bits per heavy atom. The van der Waals surface area contributed by atoms with Gasteiger partial charge in [0.2, 0.25) is 0 Å². The van der Waals surface area contributed by atoms with Gasteiger partial charge in [-0.1, -0.05) is 25.5 Å². The lowest BCUT2D eigenvalue weighted by Crippen LogP contribution is -2.33. The lowest BCUT2D eigenvalue weighted by Gasteiger charge is -2.35. The number of hydrogen-bond acceptors (Lipinski definition) is 2. The van der Waals surface area contributed by atoms with Crippen LogP contribution in [0.2, 0.25) is 0 Å². The van der Waals surface area contributed by atoms with Crippen molar-refractivity contribution in [2.45, 2.75) is 40.0 Å². The summed E-state index contributed by atoms with van der Waals surface area (Å²) in [4.78, 5) is 11.3. The monoisotopic (exact) mass is 240 g/mol. The molecule has 0 aromatic heterocycles. The van der Waals surface area contributed by atoms with Gasteiger partial charge in [-0.05, 0) is 43.9 Å². The van der Waals surface area contributed by atoms with Crippen molar-refractivity contribution in [2.24, 2.45) is 23.7 Å². The number of carboxylic acid groups (broad SMARTS) is 1. The van der Waals surface area contributed by atoms with E-state index in [0.717, 1.165) is 12.8 Å². The van der Waals surface area contributed by atoms with Gasteiger partial charge in [-0.2, -0.15) is 0 Å². The Balaban J connectivity index is 2.93. The molecule has 0 heterocycles. The van der Waals surface area contributed by atoms with Crippen molar-refractivity contribution in [3.63, 3.8) is 0 Å². The summed E-state index contributed by atoms with van der Waals surface area (Å²) in [6, 6.07) is 0. The van der Waals surface area contributed by atoms with Gasteiger partial charge < -0.3 is 10.2 Å². The Labute approximate surface area is 104 Å². The lowest BCUT2D eigenvalue weighted by molar-refractivity contribution is -0.144. The van der Waals surface area contributed by atoms with Crippen LogP contribution >= 0.6 is 0 Å². The number of aliphatic carboxylic acids is 1. The second-order valence-electron chi connectivity index (χ2n) is 5.49. The van der Waals surface area contributed by atoms with E-state index in [4.69, 9.17) is 5.11 Å². The maximum atomic E-state index is 11.3. The normalized spacial score (nSPS) is 26.8. The van der Waals surface area contributed by atoms with E-state index in [1.54, 1.807) is 0 Å². The summed E-state index contributed by atoms with van der Waals surface area (Å²) in [5, 5.41) is 18.4. The van der Waals surface area contributed by atoms with Crippen LogP contribution in [-0.4, -0.2) is 22.8 Å². The Bertz CT molecular complexity index is 294. The maximum absolute atomic E-state index is 11.3. The van der Waals surface area contributed by atoms with Crippen LogP contribution in [0.1, 0.15) is 40.0 Å². The fourth-order valence-electron chi connectivity index (χ4n) is 2.93. The summed E-state index contributed by atoms with van der Waals surface area (Å²) in [5.41, 5.74) is 1.29. The van der Waals surface area contributed by atoms with Crippen LogP contribution in [0.4, 0.5) is 0 Å². The highest BCUT2D eigenvalue weighted by molar-refractivity contribution is 5.71. The van der Waals surface area contributed by atoms with E-state index in [1.165, 1.54) is 5.57 Å². The number of rotatable bonds is 5. The van der Waals surface area contributed by atoms with Gasteiger partial charge in [-0.15, -0.1) is 0 Å². The summed E-state index contributed by atoms with van der Waals surface area (Å²) in [5.74, 6) is -0.235. The molecule has 3 heteroatoms. The Morgan fingerprint density at radius 1 is 1.53 bits per heavy atom. The molecule has 98 valence electrons. The van der Waals surface area contributed by atoms with Crippen molar-refractivity contribution in [3.05, 3.63) is 11.6 Å². The Hall–Kier alpha value is -0.830. The molecule has 0 fully saturated rings. The van der Waals surface area contributed by atoms with Crippen LogP contribution in [0.3, 0.4) is 0 Å². The lowest BCUT2D eigenvalue weighted by atomic mass is 9.69. The number of aliphatic hydroxyl groups excluding tert-OH is 1. The molecule has 0 radical (unpaired) electrons. The number of carbonyl (C=O) groups is 1. The van der Waals surface area contributed by atoms with Crippen molar-refractivity contribution in [1.82, 2.24) is 0 Å². The molecule has 2 N–H and O–H groups in total. The standard InChI is InChI=1S/C14H24O3/c1-9(2)11(6-7-15)13-8-10(3)4-5-12(13)14(16)17/h8-9,11-13,15H,4-7H2,1-3H3,(H,16,17)/t11-,12+,13-/m1/s1. The topological polar surface area (TPSA) is 57.5 Å². The minimum Gasteiger partial charge on any atom is -0.481 e. The fourth-order valence-corrected chi connectivity index (χ4v) is 2.93. The Morgan fingerprint density at radius 2 is 2.18 bits per heavy atom. The largest absolute Gasteiger partial charge is 0.481 e. The van der Waals surface area contributed by atoms with E-state index >= 15 is 0 Å². The predicted molar refractivity (Wildman–Crippen MR) is 67.6 cm³/mol. The molecule has 0 bridgehead atoms. The van der Waals surface area contributed by atoms with Gasteiger partial charge in [0.1, 0.15) is 0 Å². The van der Waals surface area contributed by atoms with Crippen LogP contribution in [0, 0.1) is 23.7 Å². The third kappa shape index (κ3) is 3.56. The fraction of sp³-hybridized carbons (Fsp3) is 0.786. The smallest absolute Gasteiger partial charge is 0.307 e. The van der Waals surface area contributed by atoms with E-state index in [0.29, 0.717) is 12.3 Å². The first-order valence-electron chi connectivity index (χ1n) is 6.48. The van der Waals surface area contributed by atoms with Crippen LogP contribution in [-0.2, 0) is 4.79 Å². The summed E-state index contributed by atoms with van der Waals surface area (Å²) >= 11 is 0. The molecular formula is C14H24O3. The maximum Gasteiger partial charge on any atom is 0.307 e. The van der Waals surface area contributed by atoms with E-state index < -0.39 is 5.97 Å². The molecule has 3 atom stereocenters. The number of carboxylic acids is 1. The zero-order valence-corrected chi connectivity index (χ0v) is 11.0. The van der Waals surface area contributed by atoms with Gasteiger partial charge in [0, 0.05) is 6.61 Å². The van der Waals surface area contributed by atoms with Crippen molar-refractivity contribution in [1.29, 1.82) is 0 Å². The van der Waals surface area contributed by atoms with Crippen LogP contribution < -0.4 is 0 Å². The molecule has 1 aliphatic carbocycles. The first kappa shape index (κ1) is 14.2. The molecule has 0 unspecified atom stereocenters. The zero-order valence-electron chi connectivity index (χ0n) is 11.0. The molecule has 0 spiro atoms. The molecule has 3 nitrogen and oxygen atoms in total. The SMILES string of the molecule is CC1=C[C@H]([C@H](CCO)C(C)C)[C@@H](C(=O)O)CC1. The molecule has 0 saturated heterocycles. The first-order valence-corrected chi connectivity index (χ1v) is 6.48. The zero-order chi connectivity index (χ0) is 13.0. The molecule has 17 heavy (non-hydrogen) atoms. The summed E-state index contributed by atoms with van der Waals surface area (Å²) in [6.07, 6.45) is 4.44. The van der Waals surface area contributed by atoms with Gasteiger partial charge >= 0.3 is 5.97 Å². The van der Waals surface area contributed by atoms with Gasteiger partial charge in [0.15, 0.2) is 0 Å². The van der Waals surface area contributed by atoms with Gasteiger partial charge in [-0.25, -0.2) is 0 Å². The average molecular weight is 240 g/mol. The average Bonchev–Trinajstić information content (AvgIpc) is 2.24. The molecule has 0 aromatic carbocycles. The highest BCUT2D eigenvalue weighted by atomic mass is 16.4. The minimum atomic E-state index is -0.692. The summed E-state index contributed by atoms with van der Waals surface area (Å²) in [6.45, 7) is 6.42. The molecular weight excluding hydrogens is 216 g/mol. The van der Waals surface area contributed by atoms with Crippen LogP contribution in [0.25, 0.3) is 0 Å². The molecule has 0 aliphatic heterocycles. The van der Waals surface area contributed by atoms with Gasteiger partial charge in [0.05, 0.1) is 5.92 Å². The van der Waals surface area contributed by atoms with Crippen molar-refractivity contribution in [3.8, 4) is 0 Å². The van der Waals surface area contributed by atoms with Crippen molar-refractivity contribution < 1.29 is 15.0 Å². The van der Waals surface area contributed by atoms with E-state index in [2.05, 4.69) is 26.8 Å². The third-order valence-corrected chi connectivity index (χ3v) is 3.92. The molecule has 0 amide bonds. The van der Waals surface area contributed by atoms with Crippen LogP contribution in [0.15, 0.2) is 11.6 Å². The van der Waals surface area contributed by atoms with E-state index in [9.17, 15) is 9.90 Å². The second-order valence-corrected chi connectivity index (χ2v) is 5.49. The minimum absolute atomic E-state index is 0.0772. The molecule has 0 aromatic rings. The molecule has 1 rings (SSSR count). The summed E-state index contributed by atoms with van der Waals surface area (Å²) in [7, 11) is 0. The molecule has 1 aliphatic rings. The number of allylic oxidation sites excluding steroid dienone is 2. The van der Waals surface area contributed by atoms with Crippen LogP contribution in [0.5, 0.6) is 0 Å². The van der Waals surface area contributed by atoms with Gasteiger partial charge in [-0.3, -0.25) is 4.79 Å². The predicted octanol–water partition coefficient (Wildman–Crippen LogP) is 2.70. The second kappa shape index (κ2) is 6.20. The number of aliphatic hydroxyl groups is 1. The van der Waals surface area contributed by atoms with Crippen molar-refractivity contribution >= 4 is 5.97 Å². The Kier molecular flexibility index (Phi) is 5.19. The van der Waals surface area contributed by atoms with Gasteiger partial charge in [0.25, 0.3) is 0 Å². The van der Waals surface area contributed by atoms with E-state index in [1.807, 2.05) is 0 Å². The third-order valence-electron chi connectivity index (χ3n) is 3.92. The van der Waals surface area contributed by atoms with E-state index in [-0.39, 0.29) is 24.4 Å². The highest BCUT2D eigenvalue weighted by Crippen LogP contribution is 2.38.